The second-order valence-corrected chi connectivity index (χ2v) is 4.87. The Bertz CT molecular complexity index is 588. The van der Waals surface area contributed by atoms with Gasteiger partial charge in [-0.25, -0.2) is 15.0 Å². The second-order valence-electron chi connectivity index (χ2n) is 4.87. The van der Waals surface area contributed by atoms with Crippen LogP contribution in [-0.2, 0) is 6.54 Å². The van der Waals surface area contributed by atoms with Gasteiger partial charge in [-0.2, -0.15) is 0 Å². The summed E-state index contributed by atoms with van der Waals surface area (Å²) in [6.07, 6.45) is 5.45. The van der Waals surface area contributed by atoms with Gasteiger partial charge in [0.1, 0.15) is 11.6 Å². The molecule has 7 heteroatoms. The summed E-state index contributed by atoms with van der Waals surface area (Å²) in [6, 6.07) is 4.22. The molecule has 0 amide bonds. The number of nitrogens with one attached hydrogen (secondary N) is 1. The normalized spacial score (nSPS) is 11.3. The third-order valence-electron chi connectivity index (χ3n) is 2.75. The Labute approximate surface area is 141 Å². The van der Waals surface area contributed by atoms with Gasteiger partial charge < -0.3 is 11.1 Å². The largest absolute Gasteiger partial charge is 0.370 e. The zero-order valence-corrected chi connectivity index (χ0v) is 14.8. The van der Waals surface area contributed by atoms with E-state index >= 15 is 0 Å². The van der Waals surface area contributed by atoms with E-state index in [2.05, 4.69) is 20.3 Å². The van der Waals surface area contributed by atoms with Crippen LogP contribution in [-0.4, -0.2) is 26.5 Å². The summed E-state index contributed by atoms with van der Waals surface area (Å²) in [7, 11) is 0. The molecule has 0 aliphatic carbocycles. The number of hydrogen-bond donors (Lipinski definition) is 2. The van der Waals surface area contributed by atoms with E-state index < -0.39 is 0 Å². The molecular formula is C14H21IN6. The molecule has 2 rings (SSSR count). The quantitative estimate of drug-likeness (QED) is 0.468. The van der Waals surface area contributed by atoms with Gasteiger partial charge in [-0.15, -0.1) is 24.0 Å². The fourth-order valence-electron chi connectivity index (χ4n) is 1.79. The van der Waals surface area contributed by atoms with Crippen LogP contribution in [0.3, 0.4) is 0 Å². The Morgan fingerprint density at radius 3 is 2.67 bits per heavy atom. The monoisotopic (exact) mass is 400 g/mol. The van der Waals surface area contributed by atoms with E-state index in [0.717, 1.165) is 17.2 Å². The highest BCUT2D eigenvalue weighted by molar-refractivity contribution is 14.0. The number of rotatable bonds is 4. The van der Waals surface area contributed by atoms with Crippen LogP contribution >= 0.6 is 24.0 Å². The van der Waals surface area contributed by atoms with Crippen molar-refractivity contribution in [3.05, 3.63) is 42.1 Å². The molecule has 0 spiro atoms. The molecule has 0 aliphatic heterocycles. The number of imidazole rings is 1. The predicted molar refractivity (Wildman–Crippen MR) is 95.1 cm³/mol. The van der Waals surface area contributed by atoms with Gasteiger partial charge >= 0.3 is 0 Å². The Kier molecular flexibility index (Phi) is 6.60. The molecule has 0 unspecified atom stereocenters. The van der Waals surface area contributed by atoms with Crippen molar-refractivity contribution in [2.24, 2.45) is 10.7 Å². The maximum absolute atomic E-state index is 5.76. The molecule has 2 heterocycles. The van der Waals surface area contributed by atoms with Gasteiger partial charge in [-0.1, -0.05) is 6.07 Å². The summed E-state index contributed by atoms with van der Waals surface area (Å²) >= 11 is 0. The summed E-state index contributed by atoms with van der Waals surface area (Å²) in [5.74, 6) is 2.21. The third-order valence-corrected chi connectivity index (χ3v) is 2.75. The number of halogens is 1. The summed E-state index contributed by atoms with van der Waals surface area (Å²) in [6.45, 7) is 6.50. The summed E-state index contributed by atoms with van der Waals surface area (Å²) < 4.78 is 1.93. The number of nitrogens with zero attached hydrogens (tertiary/aromatic N) is 4. The van der Waals surface area contributed by atoms with Gasteiger partial charge in [-0.3, -0.25) is 4.57 Å². The molecule has 2 aromatic rings. The van der Waals surface area contributed by atoms with E-state index in [1.54, 1.807) is 12.4 Å². The first kappa shape index (κ1) is 17.4. The summed E-state index contributed by atoms with van der Waals surface area (Å²) in [4.78, 5) is 12.9. The number of aromatic nitrogens is 3. The van der Waals surface area contributed by atoms with Crippen LogP contribution in [0, 0.1) is 6.92 Å². The van der Waals surface area contributed by atoms with Crippen LogP contribution in [0.1, 0.15) is 25.2 Å². The Morgan fingerprint density at radius 1 is 1.38 bits per heavy atom. The molecule has 21 heavy (non-hydrogen) atoms. The van der Waals surface area contributed by atoms with Crippen molar-refractivity contribution < 1.29 is 0 Å². The van der Waals surface area contributed by atoms with Gasteiger partial charge in [0.05, 0.1) is 6.54 Å². The lowest BCUT2D eigenvalue weighted by Crippen LogP contribution is -2.36. The minimum Gasteiger partial charge on any atom is -0.370 e. The second kappa shape index (κ2) is 7.96. The average Bonchev–Trinajstić information content (AvgIpc) is 2.82. The van der Waals surface area contributed by atoms with Crippen LogP contribution in [0.2, 0.25) is 0 Å². The van der Waals surface area contributed by atoms with Gasteiger partial charge in [0.2, 0.25) is 0 Å². The maximum Gasteiger partial charge on any atom is 0.189 e. The molecule has 0 fully saturated rings. The number of guanidine groups is 1. The van der Waals surface area contributed by atoms with Crippen molar-refractivity contribution in [1.29, 1.82) is 0 Å². The van der Waals surface area contributed by atoms with Crippen molar-refractivity contribution >= 4 is 29.9 Å². The van der Waals surface area contributed by atoms with Crippen molar-refractivity contribution in [2.45, 2.75) is 33.4 Å². The minimum atomic E-state index is 0. The lowest BCUT2D eigenvalue weighted by Gasteiger charge is -2.08. The standard InChI is InChI=1S/C14H20N6.HI/c1-10(2)19-14(15)18-9-12-4-5-13(17-8-12)20-7-6-16-11(20)3;/h4-8,10H,9H2,1-3H3,(H3,15,18,19);1H. The zero-order valence-electron chi connectivity index (χ0n) is 12.4. The number of hydrogen-bond acceptors (Lipinski definition) is 3. The molecule has 0 aromatic carbocycles. The Morgan fingerprint density at radius 2 is 2.14 bits per heavy atom. The predicted octanol–water partition coefficient (Wildman–Crippen LogP) is 2.01. The molecule has 0 atom stereocenters. The fraction of sp³-hybridized carbons (Fsp3) is 0.357. The third kappa shape index (κ3) is 5.00. The molecule has 3 N–H and O–H groups in total. The van der Waals surface area contributed by atoms with Gasteiger partial charge in [0, 0.05) is 24.6 Å². The molecule has 0 saturated carbocycles. The van der Waals surface area contributed by atoms with Crippen LogP contribution in [0.5, 0.6) is 0 Å². The van der Waals surface area contributed by atoms with E-state index in [1.165, 1.54) is 0 Å². The topological polar surface area (TPSA) is 81.1 Å². The number of aryl methyl sites for hydroxylation is 1. The van der Waals surface area contributed by atoms with Crippen molar-refractivity contribution in [1.82, 2.24) is 19.9 Å². The molecule has 0 aliphatic rings. The molecule has 0 radical (unpaired) electrons. The molecule has 2 aromatic heterocycles. The lowest BCUT2D eigenvalue weighted by molar-refractivity contribution is 0.723. The summed E-state index contributed by atoms with van der Waals surface area (Å²) in [5.41, 5.74) is 6.77. The first-order valence-corrected chi connectivity index (χ1v) is 6.58. The molecule has 114 valence electrons. The Hall–Kier alpha value is -1.64. The first-order valence-electron chi connectivity index (χ1n) is 6.58. The molecule has 6 nitrogen and oxygen atoms in total. The highest BCUT2D eigenvalue weighted by Crippen LogP contribution is 2.08. The van der Waals surface area contributed by atoms with Crippen molar-refractivity contribution in [2.75, 3.05) is 0 Å². The number of pyridine rings is 1. The average molecular weight is 400 g/mol. The van der Waals surface area contributed by atoms with E-state index in [4.69, 9.17) is 5.73 Å². The lowest BCUT2D eigenvalue weighted by atomic mass is 10.3. The van der Waals surface area contributed by atoms with Crippen LogP contribution in [0.25, 0.3) is 5.82 Å². The smallest absolute Gasteiger partial charge is 0.189 e. The number of aliphatic imine (C=N–C) groups is 1. The van der Waals surface area contributed by atoms with Crippen LogP contribution in [0.15, 0.2) is 35.7 Å². The molecule has 0 bridgehead atoms. The fourth-order valence-corrected chi connectivity index (χ4v) is 1.79. The zero-order chi connectivity index (χ0) is 14.5. The van der Waals surface area contributed by atoms with Crippen molar-refractivity contribution in [3.63, 3.8) is 0 Å². The number of nitrogens with two attached hydrogens (primary N) is 1. The van der Waals surface area contributed by atoms with E-state index in [1.807, 2.05) is 43.7 Å². The van der Waals surface area contributed by atoms with Gasteiger partial charge in [-0.05, 0) is 32.4 Å². The van der Waals surface area contributed by atoms with Gasteiger partial charge in [0.25, 0.3) is 0 Å². The van der Waals surface area contributed by atoms with Crippen LogP contribution in [0.4, 0.5) is 0 Å². The van der Waals surface area contributed by atoms with E-state index in [-0.39, 0.29) is 30.0 Å². The minimum absolute atomic E-state index is 0. The highest BCUT2D eigenvalue weighted by atomic mass is 127. The Balaban J connectivity index is 0.00000220. The SMILES string of the molecule is Cc1nccn1-c1ccc(CN=C(N)NC(C)C)cn1.I. The first-order chi connectivity index (χ1) is 9.56. The van der Waals surface area contributed by atoms with E-state index in [9.17, 15) is 0 Å². The highest BCUT2D eigenvalue weighted by Gasteiger charge is 2.02. The van der Waals surface area contributed by atoms with E-state index in [0.29, 0.717) is 12.5 Å². The maximum atomic E-state index is 5.76. The van der Waals surface area contributed by atoms with Crippen molar-refractivity contribution in [3.8, 4) is 5.82 Å². The summed E-state index contributed by atoms with van der Waals surface area (Å²) in [5, 5.41) is 3.05. The molecule has 0 saturated heterocycles. The molecular weight excluding hydrogens is 379 g/mol. The van der Waals surface area contributed by atoms with Gasteiger partial charge in [0.15, 0.2) is 5.96 Å². The van der Waals surface area contributed by atoms with Crippen LogP contribution < -0.4 is 11.1 Å².